The molecule has 2 unspecified atom stereocenters. The van der Waals surface area contributed by atoms with E-state index in [1.54, 1.807) is 0 Å². The number of alkyl halides is 3. The van der Waals surface area contributed by atoms with Crippen LogP contribution in [0.5, 0.6) is 0 Å². The van der Waals surface area contributed by atoms with E-state index in [0.717, 1.165) is 6.42 Å². The van der Waals surface area contributed by atoms with Crippen molar-refractivity contribution in [2.45, 2.75) is 38.9 Å². The summed E-state index contributed by atoms with van der Waals surface area (Å²) in [5.41, 5.74) is -0.641. The van der Waals surface area contributed by atoms with E-state index in [2.05, 4.69) is 17.3 Å². The lowest BCUT2D eigenvalue weighted by Gasteiger charge is -2.17. The van der Waals surface area contributed by atoms with Gasteiger partial charge in [-0.15, -0.1) is 0 Å². The molecule has 0 aromatic carbocycles. The minimum atomic E-state index is -4.51. The van der Waals surface area contributed by atoms with Crippen molar-refractivity contribution in [2.75, 3.05) is 11.9 Å². The Morgan fingerprint density at radius 1 is 1.48 bits per heavy atom. The van der Waals surface area contributed by atoms with Crippen molar-refractivity contribution >= 4 is 17.3 Å². The number of aromatic nitrogens is 2. The number of hydrogen-bond acceptors (Lipinski definition) is 3. The first-order chi connectivity index (χ1) is 9.78. The second-order valence-electron chi connectivity index (χ2n) is 5.50. The monoisotopic (exact) mass is 323 g/mol. The van der Waals surface area contributed by atoms with Crippen LogP contribution in [0.2, 0.25) is 5.02 Å². The Bertz CT molecular complexity index is 559. The first kappa shape index (κ1) is 16.1. The SMILES string of the molecule is CC1CCCC1CNc1cnn(CC(F)(F)F)c(=O)c1Cl. The van der Waals surface area contributed by atoms with Gasteiger partial charge in [-0.05, 0) is 18.3 Å². The van der Waals surface area contributed by atoms with Gasteiger partial charge in [-0.25, -0.2) is 4.68 Å². The molecule has 1 aromatic heterocycles. The molecular formula is C13H17ClF3N3O. The highest BCUT2D eigenvalue weighted by atomic mass is 35.5. The predicted octanol–water partition coefficient (Wildman–Crippen LogP) is 3.31. The van der Waals surface area contributed by atoms with Crippen molar-refractivity contribution in [3.05, 3.63) is 21.6 Å². The number of halogens is 4. The molecule has 0 amide bonds. The maximum Gasteiger partial charge on any atom is 0.408 e. The third kappa shape index (κ3) is 4.12. The van der Waals surface area contributed by atoms with Crippen LogP contribution in [0.4, 0.5) is 18.9 Å². The number of rotatable bonds is 4. The van der Waals surface area contributed by atoms with Gasteiger partial charge >= 0.3 is 6.18 Å². The predicted molar refractivity (Wildman–Crippen MR) is 74.6 cm³/mol. The molecule has 2 rings (SSSR count). The van der Waals surface area contributed by atoms with Gasteiger partial charge in [0, 0.05) is 6.54 Å². The molecule has 8 heteroatoms. The fraction of sp³-hybridized carbons (Fsp3) is 0.692. The quantitative estimate of drug-likeness (QED) is 0.924. The number of nitrogens with zero attached hydrogens (tertiary/aromatic N) is 2. The maximum atomic E-state index is 12.3. The molecule has 1 fully saturated rings. The van der Waals surface area contributed by atoms with E-state index in [1.807, 2.05) is 0 Å². The second-order valence-corrected chi connectivity index (χ2v) is 5.88. The third-order valence-electron chi connectivity index (χ3n) is 3.91. The molecule has 4 nitrogen and oxygen atoms in total. The Morgan fingerprint density at radius 2 is 2.19 bits per heavy atom. The Morgan fingerprint density at radius 3 is 2.76 bits per heavy atom. The van der Waals surface area contributed by atoms with Crippen LogP contribution in [0.1, 0.15) is 26.2 Å². The van der Waals surface area contributed by atoms with Gasteiger partial charge in [-0.1, -0.05) is 31.4 Å². The van der Waals surface area contributed by atoms with Crippen molar-refractivity contribution in [2.24, 2.45) is 11.8 Å². The highest BCUT2D eigenvalue weighted by Crippen LogP contribution is 2.31. The van der Waals surface area contributed by atoms with Crippen LogP contribution >= 0.6 is 11.6 Å². The molecule has 0 aliphatic heterocycles. The van der Waals surface area contributed by atoms with E-state index in [9.17, 15) is 18.0 Å². The van der Waals surface area contributed by atoms with Crippen molar-refractivity contribution in [3.8, 4) is 0 Å². The fourth-order valence-electron chi connectivity index (χ4n) is 2.64. The Kier molecular flexibility index (Phi) is 4.81. The average molecular weight is 324 g/mol. The van der Waals surface area contributed by atoms with Gasteiger partial charge in [0.05, 0.1) is 11.9 Å². The highest BCUT2D eigenvalue weighted by molar-refractivity contribution is 6.32. The van der Waals surface area contributed by atoms with E-state index < -0.39 is 18.3 Å². The van der Waals surface area contributed by atoms with Crippen LogP contribution in [-0.2, 0) is 6.54 Å². The van der Waals surface area contributed by atoms with Crippen molar-refractivity contribution in [1.82, 2.24) is 9.78 Å². The normalized spacial score (nSPS) is 22.5. The zero-order valence-corrected chi connectivity index (χ0v) is 12.3. The number of hydrogen-bond donors (Lipinski definition) is 1. The summed E-state index contributed by atoms with van der Waals surface area (Å²) in [6.07, 6.45) is 0.117. The lowest BCUT2D eigenvalue weighted by atomic mass is 9.98. The summed E-state index contributed by atoms with van der Waals surface area (Å²) in [6.45, 7) is 1.37. The summed E-state index contributed by atoms with van der Waals surface area (Å²) in [5, 5.41) is 6.30. The van der Waals surface area contributed by atoms with Crippen LogP contribution in [0.3, 0.4) is 0 Å². The molecule has 1 N–H and O–H groups in total. The number of anilines is 1. The summed E-state index contributed by atoms with van der Waals surface area (Å²) in [5.74, 6) is 1.08. The third-order valence-corrected chi connectivity index (χ3v) is 4.27. The van der Waals surface area contributed by atoms with E-state index in [0.29, 0.717) is 28.7 Å². The molecule has 1 saturated carbocycles. The van der Waals surface area contributed by atoms with Crippen LogP contribution in [-0.4, -0.2) is 22.5 Å². The summed E-state index contributed by atoms with van der Waals surface area (Å²) < 4.78 is 37.2. The van der Waals surface area contributed by atoms with Gasteiger partial charge in [0.25, 0.3) is 5.56 Å². The van der Waals surface area contributed by atoms with E-state index in [-0.39, 0.29) is 5.02 Å². The zero-order chi connectivity index (χ0) is 15.6. The molecule has 2 atom stereocenters. The van der Waals surface area contributed by atoms with Crippen LogP contribution in [0, 0.1) is 11.8 Å². The Hall–Kier alpha value is -1.24. The van der Waals surface area contributed by atoms with E-state index in [1.165, 1.54) is 19.0 Å². The lowest BCUT2D eigenvalue weighted by molar-refractivity contribution is -0.143. The highest BCUT2D eigenvalue weighted by Gasteiger charge is 2.30. The first-order valence-electron chi connectivity index (χ1n) is 6.84. The molecule has 0 bridgehead atoms. The fourth-order valence-corrected chi connectivity index (χ4v) is 2.85. The minimum Gasteiger partial charge on any atom is -0.382 e. The van der Waals surface area contributed by atoms with E-state index in [4.69, 9.17) is 11.6 Å². The molecule has 1 aromatic rings. The number of nitrogens with one attached hydrogen (secondary N) is 1. The molecule has 1 heterocycles. The van der Waals surface area contributed by atoms with Crippen molar-refractivity contribution < 1.29 is 13.2 Å². The zero-order valence-electron chi connectivity index (χ0n) is 11.6. The summed E-state index contributed by atoms with van der Waals surface area (Å²) in [4.78, 5) is 11.8. The largest absolute Gasteiger partial charge is 0.408 e. The van der Waals surface area contributed by atoms with Crippen LogP contribution in [0.15, 0.2) is 11.0 Å². The summed E-state index contributed by atoms with van der Waals surface area (Å²) in [6, 6.07) is 0. The smallest absolute Gasteiger partial charge is 0.382 e. The van der Waals surface area contributed by atoms with Gasteiger partial charge in [-0.3, -0.25) is 4.79 Å². The van der Waals surface area contributed by atoms with Gasteiger partial charge < -0.3 is 5.32 Å². The van der Waals surface area contributed by atoms with Gasteiger partial charge in [-0.2, -0.15) is 18.3 Å². The molecule has 0 spiro atoms. The Labute approximate surface area is 125 Å². The first-order valence-corrected chi connectivity index (χ1v) is 7.22. The van der Waals surface area contributed by atoms with E-state index >= 15 is 0 Å². The van der Waals surface area contributed by atoms with Gasteiger partial charge in [0.2, 0.25) is 0 Å². The van der Waals surface area contributed by atoms with Crippen LogP contribution in [0.25, 0.3) is 0 Å². The van der Waals surface area contributed by atoms with Gasteiger partial charge in [0.15, 0.2) is 0 Å². The summed E-state index contributed by atoms with van der Waals surface area (Å²) in [7, 11) is 0. The molecular weight excluding hydrogens is 307 g/mol. The molecule has 1 aliphatic carbocycles. The second kappa shape index (κ2) is 6.25. The summed E-state index contributed by atoms with van der Waals surface area (Å²) >= 11 is 5.85. The Balaban J connectivity index is 2.08. The molecule has 118 valence electrons. The average Bonchev–Trinajstić information content (AvgIpc) is 2.78. The van der Waals surface area contributed by atoms with Gasteiger partial charge in [0.1, 0.15) is 11.6 Å². The topological polar surface area (TPSA) is 46.9 Å². The molecule has 1 aliphatic rings. The molecule has 0 saturated heterocycles. The van der Waals surface area contributed by atoms with Crippen LogP contribution < -0.4 is 10.9 Å². The molecule has 21 heavy (non-hydrogen) atoms. The molecule has 0 radical (unpaired) electrons. The minimum absolute atomic E-state index is 0.250. The lowest BCUT2D eigenvalue weighted by Crippen LogP contribution is -2.31. The van der Waals surface area contributed by atoms with Crippen molar-refractivity contribution in [3.63, 3.8) is 0 Å². The standard InChI is InChI=1S/C13H17ClF3N3O/c1-8-3-2-4-9(8)5-18-10-6-19-20(7-13(15,16)17)12(21)11(10)14/h6,8-9,18H,2-5,7H2,1H3. The maximum absolute atomic E-state index is 12.3. The van der Waals surface area contributed by atoms with Crippen molar-refractivity contribution in [1.29, 1.82) is 0 Å².